The van der Waals surface area contributed by atoms with Crippen LogP contribution in [0.4, 0.5) is 0 Å². The molecule has 0 aromatic carbocycles. The predicted octanol–water partition coefficient (Wildman–Crippen LogP) is 3.22. The molecule has 0 atom stereocenters. The molecule has 0 fully saturated rings. The normalized spacial score (nSPS) is 11.2. The standard InChI is InChI=1S/C15H23N5OS.HI/c1-5-12-7-14(21-19-12)8-17-15(16-6-2)20(4)9-13-10-22-11(3)18-13;/h7,10H,5-6,8-9H2,1-4H3,(H,16,17);1H. The van der Waals surface area contributed by atoms with Gasteiger partial charge in [0.25, 0.3) is 0 Å². The zero-order valence-corrected chi connectivity index (χ0v) is 17.1. The molecule has 2 aromatic heterocycles. The van der Waals surface area contributed by atoms with Crippen molar-refractivity contribution in [1.29, 1.82) is 0 Å². The van der Waals surface area contributed by atoms with Crippen molar-refractivity contribution in [2.75, 3.05) is 13.6 Å². The number of hydrogen-bond donors (Lipinski definition) is 1. The lowest BCUT2D eigenvalue weighted by Crippen LogP contribution is -2.38. The highest BCUT2D eigenvalue weighted by molar-refractivity contribution is 14.0. The summed E-state index contributed by atoms with van der Waals surface area (Å²) in [5.41, 5.74) is 2.02. The van der Waals surface area contributed by atoms with Crippen LogP contribution in [-0.4, -0.2) is 34.6 Å². The Bertz CT molecular complexity index is 625. The van der Waals surface area contributed by atoms with E-state index in [1.807, 2.05) is 20.0 Å². The van der Waals surface area contributed by atoms with Crippen molar-refractivity contribution >= 4 is 41.3 Å². The maximum Gasteiger partial charge on any atom is 0.194 e. The Morgan fingerprint density at radius 1 is 1.39 bits per heavy atom. The van der Waals surface area contributed by atoms with Crippen LogP contribution in [0.1, 0.15) is 36.0 Å². The van der Waals surface area contributed by atoms with Crippen LogP contribution in [0.5, 0.6) is 0 Å². The van der Waals surface area contributed by atoms with Crippen LogP contribution in [0.15, 0.2) is 21.0 Å². The van der Waals surface area contributed by atoms with Crippen LogP contribution in [0.2, 0.25) is 0 Å². The Kier molecular flexibility index (Phi) is 8.53. The van der Waals surface area contributed by atoms with Gasteiger partial charge in [-0.2, -0.15) is 0 Å². The molecule has 0 saturated carbocycles. The van der Waals surface area contributed by atoms with Crippen molar-refractivity contribution in [2.45, 2.75) is 40.3 Å². The highest BCUT2D eigenvalue weighted by Crippen LogP contribution is 2.10. The van der Waals surface area contributed by atoms with Gasteiger partial charge in [-0.25, -0.2) is 9.98 Å². The van der Waals surface area contributed by atoms with Gasteiger partial charge in [0.1, 0.15) is 6.54 Å². The van der Waals surface area contributed by atoms with E-state index in [0.29, 0.717) is 6.54 Å². The van der Waals surface area contributed by atoms with Crippen molar-refractivity contribution in [1.82, 2.24) is 20.4 Å². The molecule has 128 valence electrons. The molecule has 2 aromatic rings. The topological polar surface area (TPSA) is 66.6 Å². The van der Waals surface area contributed by atoms with E-state index in [-0.39, 0.29) is 24.0 Å². The van der Waals surface area contributed by atoms with Crippen molar-refractivity contribution in [3.8, 4) is 0 Å². The first-order valence-electron chi connectivity index (χ1n) is 7.47. The molecule has 0 saturated heterocycles. The van der Waals surface area contributed by atoms with E-state index in [2.05, 4.69) is 44.6 Å². The smallest absolute Gasteiger partial charge is 0.194 e. The Hall–Kier alpha value is -1.16. The zero-order valence-electron chi connectivity index (χ0n) is 14.0. The number of halogens is 1. The number of nitrogens with one attached hydrogen (secondary N) is 1. The van der Waals surface area contributed by atoms with Crippen LogP contribution < -0.4 is 5.32 Å². The van der Waals surface area contributed by atoms with Crippen molar-refractivity contribution in [2.24, 2.45) is 4.99 Å². The summed E-state index contributed by atoms with van der Waals surface area (Å²) in [5.74, 6) is 1.62. The lowest BCUT2D eigenvalue weighted by molar-refractivity contribution is 0.378. The van der Waals surface area contributed by atoms with Gasteiger partial charge in [0.2, 0.25) is 0 Å². The van der Waals surface area contributed by atoms with E-state index in [1.54, 1.807) is 11.3 Å². The summed E-state index contributed by atoms with van der Waals surface area (Å²) in [6.07, 6.45) is 0.871. The maximum atomic E-state index is 5.27. The molecule has 0 radical (unpaired) electrons. The van der Waals surface area contributed by atoms with Crippen LogP contribution in [0.25, 0.3) is 0 Å². The second kappa shape index (κ2) is 9.86. The molecule has 0 aliphatic rings. The van der Waals surface area contributed by atoms with Gasteiger partial charge in [-0.1, -0.05) is 12.1 Å². The first kappa shape index (κ1) is 19.9. The first-order chi connectivity index (χ1) is 10.6. The van der Waals surface area contributed by atoms with Crippen LogP contribution in [0, 0.1) is 6.92 Å². The molecular formula is C15H24IN5OS. The third-order valence-electron chi connectivity index (χ3n) is 3.12. The SMILES string of the molecule is CCNC(=NCc1cc(CC)no1)N(C)Cc1csc(C)n1.I. The summed E-state index contributed by atoms with van der Waals surface area (Å²) in [6.45, 7) is 8.15. The minimum absolute atomic E-state index is 0. The molecule has 1 N–H and O–H groups in total. The molecule has 0 aliphatic carbocycles. The molecule has 0 aliphatic heterocycles. The molecule has 23 heavy (non-hydrogen) atoms. The minimum Gasteiger partial charge on any atom is -0.359 e. The fourth-order valence-electron chi connectivity index (χ4n) is 2.02. The molecule has 0 bridgehead atoms. The van der Waals surface area contributed by atoms with Gasteiger partial charge in [-0.05, 0) is 20.3 Å². The highest BCUT2D eigenvalue weighted by atomic mass is 127. The summed E-state index contributed by atoms with van der Waals surface area (Å²) in [4.78, 5) is 11.2. The molecule has 2 heterocycles. The summed E-state index contributed by atoms with van der Waals surface area (Å²) < 4.78 is 5.27. The Morgan fingerprint density at radius 3 is 2.74 bits per heavy atom. The second-order valence-electron chi connectivity index (χ2n) is 5.02. The average molecular weight is 449 g/mol. The third kappa shape index (κ3) is 6.09. The van der Waals surface area contributed by atoms with E-state index in [1.165, 1.54) is 0 Å². The Morgan fingerprint density at radius 2 is 2.17 bits per heavy atom. The maximum absolute atomic E-state index is 5.27. The van der Waals surface area contributed by atoms with Gasteiger partial charge in [0.15, 0.2) is 11.7 Å². The van der Waals surface area contributed by atoms with E-state index in [9.17, 15) is 0 Å². The molecular weight excluding hydrogens is 425 g/mol. The first-order valence-corrected chi connectivity index (χ1v) is 8.35. The number of aliphatic imine (C=N–C) groups is 1. The number of hydrogen-bond acceptors (Lipinski definition) is 5. The third-order valence-corrected chi connectivity index (χ3v) is 3.94. The van der Waals surface area contributed by atoms with Crippen LogP contribution in [-0.2, 0) is 19.5 Å². The molecule has 0 amide bonds. The number of rotatable bonds is 6. The zero-order chi connectivity index (χ0) is 15.9. The van der Waals surface area contributed by atoms with Crippen molar-refractivity contribution < 1.29 is 4.52 Å². The quantitative estimate of drug-likeness (QED) is 0.417. The minimum atomic E-state index is 0. The molecule has 0 spiro atoms. The van der Waals surface area contributed by atoms with Gasteiger partial charge in [0.05, 0.1) is 22.9 Å². The van der Waals surface area contributed by atoms with Crippen molar-refractivity contribution in [3.05, 3.63) is 33.6 Å². The summed E-state index contributed by atoms with van der Waals surface area (Å²) in [5, 5.41) is 10.4. The molecule has 0 unspecified atom stereocenters. The lowest BCUT2D eigenvalue weighted by atomic mass is 10.3. The van der Waals surface area contributed by atoms with Gasteiger partial charge >= 0.3 is 0 Å². The van der Waals surface area contributed by atoms with Crippen LogP contribution in [0.3, 0.4) is 0 Å². The van der Waals surface area contributed by atoms with Gasteiger partial charge in [-0.15, -0.1) is 35.3 Å². The van der Waals surface area contributed by atoms with E-state index in [0.717, 1.165) is 47.6 Å². The number of nitrogens with zero attached hydrogens (tertiary/aromatic N) is 4. The number of aryl methyl sites for hydroxylation is 2. The van der Waals surface area contributed by atoms with Crippen LogP contribution >= 0.6 is 35.3 Å². The average Bonchev–Trinajstić information content (AvgIpc) is 3.12. The highest BCUT2D eigenvalue weighted by Gasteiger charge is 2.09. The Balaban J connectivity index is 0.00000264. The number of aromatic nitrogens is 2. The molecule has 6 nitrogen and oxygen atoms in total. The summed E-state index contributed by atoms with van der Waals surface area (Å²) in [7, 11) is 2.01. The molecule has 2 rings (SSSR count). The lowest BCUT2D eigenvalue weighted by Gasteiger charge is -2.20. The number of guanidine groups is 1. The van der Waals surface area contributed by atoms with E-state index >= 15 is 0 Å². The molecule has 8 heteroatoms. The van der Waals surface area contributed by atoms with E-state index in [4.69, 9.17) is 4.52 Å². The van der Waals surface area contributed by atoms with Crippen molar-refractivity contribution in [3.63, 3.8) is 0 Å². The largest absolute Gasteiger partial charge is 0.359 e. The number of thiazole rings is 1. The summed E-state index contributed by atoms with van der Waals surface area (Å²) in [6, 6.07) is 1.96. The van der Waals surface area contributed by atoms with Gasteiger partial charge in [-0.3, -0.25) is 0 Å². The van der Waals surface area contributed by atoms with E-state index < -0.39 is 0 Å². The second-order valence-corrected chi connectivity index (χ2v) is 6.08. The Labute approximate surface area is 158 Å². The fraction of sp³-hybridized carbons (Fsp3) is 0.533. The fourth-order valence-corrected chi connectivity index (χ4v) is 2.62. The van der Waals surface area contributed by atoms with Gasteiger partial charge < -0.3 is 14.7 Å². The summed E-state index contributed by atoms with van der Waals surface area (Å²) >= 11 is 1.67. The predicted molar refractivity (Wildman–Crippen MR) is 104 cm³/mol. The van der Waals surface area contributed by atoms with Gasteiger partial charge in [0, 0.05) is 25.0 Å². The monoisotopic (exact) mass is 449 g/mol.